The van der Waals surface area contributed by atoms with Gasteiger partial charge in [0.1, 0.15) is 12.9 Å². The summed E-state index contributed by atoms with van der Waals surface area (Å²) in [5.41, 5.74) is 0.733. The number of thiazole rings is 1. The second kappa shape index (κ2) is 5.57. The van der Waals surface area contributed by atoms with Gasteiger partial charge in [0.2, 0.25) is 0 Å². The van der Waals surface area contributed by atoms with Gasteiger partial charge in [-0.3, -0.25) is 14.9 Å². The normalized spacial score (nSPS) is 10.2. The van der Waals surface area contributed by atoms with E-state index in [0.29, 0.717) is 6.29 Å². The molecule has 0 aliphatic heterocycles. The van der Waals surface area contributed by atoms with E-state index in [2.05, 4.69) is 4.98 Å². The first-order valence-electron chi connectivity index (χ1n) is 5.37. The zero-order valence-corrected chi connectivity index (χ0v) is 10.8. The molecule has 2 aromatic rings. The number of hydrogen-bond acceptors (Lipinski definition) is 6. The number of carbonyl (C=O) groups is 1. The van der Waals surface area contributed by atoms with Crippen LogP contribution in [0.3, 0.4) is 0 Å². The molecule has 0 aliphatic rings. The Morgan fingerprint density at radius 1 is 1.53 bits per heavy atom. The van der Waals surface area contributed by atoms with Crippen molar-refractivity contribution in [2.75, 3.05) is 0 Å². The van der Waals surface area contributed by atoms with Gasteiger partial charge in [-0.05, 0) is 19.1 Å². The fraction of sp³-hybridized carbons (Fsp3) is 0.167. The number of carbonyl (C=O) groups excluding carboxylic acids is 1. The lowest BCUT2D eigenvalue weighted by Crippen LogP contribution is -2.00. The highest BCUT2D eigenvalue weighted by Crippen LogP contribution is 2.28. The first kappa shape index (κ1) is 13.2. The van der Waals surface area contributed by atoms with Crippen LogP contribution >= 0.6 is 11.3 Å². The third kappa shape index (κ3) is 3.14. The predicted octanol–water partition coefficient (Wildman–Crippen LogP) is 2.75. The number of nitro benzene ring substituents is 1. The molecule has 0 bridgehead atoms. The summed E-state index contributed by atoms with van der Waals surface area (Å²) in [5, 5.41) is 13.6. The molecule has 0 atom stereocenters. The van der Waals surface area contributed by atoms with E-state index in [-0.39, 0.29) is 23.6 Å². The molecule has 0 radical (unpaired) electrons. The van der Waals surface area contributed by atoms with Crippen LogP contribution in [-0.4, -0.2) is 16.2 Å². The fourth-order valence-electron chi connectivity index (χ4n) is 1.50. The molecule has 98 valence electrons. The molecule has 1 heterocycles. The van der Waals surface area contributed by atoms with Crippen LogP contribution < -0.4 is 4.74 Å². The Morgan fingerprint density at radius 3 is 2.89 bits per heavy atom. The highest BCUT2D eigenvalue weighted by molar-refractivity contribution is 7.09. The Balaban J connectivity index is 2.19. The number of benzene rings is 1. The first-order valence-corrected chi connectivity index (χ1v) is 6.25. The van der Waals surface area contributed by atoms with Gasteiger partial charge in [-0.2, -0.15) is 0 Å². The number of aromatic nitrogens is 1. The Hall–Kier alpha value is -2.28. The van der Waals surface area contributed by atoms with Crippen molar-refractivity contribution in [2.24, 2.45) is 0 Å². The molecular formula is C12H10N2O4S. The third-order valence-electron chi connectivity index (χ3n) is 2.36. The predicted molar refractivity (Wildman–Crippen MR) is 69.7 cm³/mol. The van der Waals surface area contributed by atoms with Crippen LogP contribution in [-0.2, 0) is 6.61 Å². The van der Waals surface area contributed by atoms with Gasteiger partial charge >= 0.3 is 5.69 Å². The van der Waals surface area contributed by atoms with E-state index in [1.165, 1.54) is 29.5 Å². The van der Waals surface area contributed by atoms with Crippen molar-refractivity contribution < 1.29 is 14.5 Å². The monoisotopic (exact) mass is 278 g/mol. The maximum atomic E-state index is 10.9. The topological polar surface area (TPSA) is 82.3 Å². The Labute approximate surface area is 112 Å². The number of aldehydes is 1. The lowest BCUT2D eigenvalue weighted by molar-refractivity contribution is -0.386. The number of ether oxygens (including phenoxy) is 1. The molecule has 0 fully saturated rings. The van der Waals surface area contributed by atoms with E-state index < -0.39 is 4.92 Å². The minimum absolute atomic E-state index is 0.126. The maximum Gasteiger partial charge on any atom is 0.311 e. The summed E-state index contributed by atoms with van der Waals surface area (Å²) in [6.45, 7) is 2.03. The summed E-state index contributed by atoms with van der Waals surface area (Å²) in [6, 6.07) is 4.08. The minimum atomic E-state index is -0.575. The molecule has 0 N–H and O–H groups in total. The molecule has 0 unspecified atom stereocenters. The molecule has 1 aromatic heterocycles. The van der Waals surface area contributed by atoms with Gasteiger partial charge in [0, 0.05) is 17.0 Å². The molecule has 0 aliphatic carbocycles. The van der Waals surface area contributed by atoms with E-state index in [1.54, 1.807) is 0 Å². The zero-order valence-electron chi connectivity index (χ0n) is 10.0. The first-order chi connectivity index (χ1) is 9.10. The smallest absolute Gasteiger partial charge is 0.311 e. The zero-order chi connectivity index (χ0) is 13.8. The third-order valence-corrected chi connectivity index (χ3v) is 3.18. The van der Waals surface area contributed by atoms with Crippen LogP contribution in [0.5, 0.6) is 5.75 Å². The average Bonchev–Trinajstić information content (AvgIpc) is 2.82. The number of hydrogen-bond donors (Lipinski definition) is 0. The standard InChI is InChI=1S/C12H10N2O4S/c1-8-13-10(7-19-8)6-18-12-3-2-9(5-15)4-11(12)14(16)17/h2-5,7H,6H2,1H3. The largest absolute Gasteiger partial charge is 0.480 e. The SMILES string of the molecule is Cc1nc(COc2ccc(C=O)cc2[N+](=O)[O-])cs1. The number of rotatable bonds is 5. The van der Waals surface area contributed by atoms with Crippen LogP contribution in [0, 0.1) is 17.0 Å². The van der Waals surface area contributed by atoms with Gasteiger partial charge in [-0.1, -0.05) is 0 Å². The summed E-state index contributed by atoms with van der Waals surface area (Å²) >= 11 is 1.48. The highest BCUT2D eigenvalue weighted by atomic mass is 32.1. The molecule has 0 amide bonds. The van der Waals surface area contributed by atoms with Gasteiger partial charge in [0.25, 0.3) is 0 Å². The molecule has 6 nitrogen and oxygen atoms in total. The van der Waals surface area contributed by atoms with Crippen molar-refractivity contribution in [1.29, 1.82) is 0 Å². The Bertz CT molecular complexity index is 624. The second-order valence-electron chi connectivity index (χ2n) is 3.75. The summed E-state index contributed by atoms with van der Waals surface area (Å²) in [4.78, 5) is 25.1. The van der Waals surface area contributed by atoms with E-state index in [0.717, 1.165) is 10.7 Å². The van der Waals surface area contributed by atoms with Crippen molar-refractivity contribution in [3.63, 3.8) is 0 Å². The van der Waals surface area contributed by atoms with E-state index >= 15 is 0 Å². The van der Waals surface area contributed by atoms with Crippen LogP contribution in [0.4, 0.5) is 5.69 Å². The van der Waals surface area contributed by atoms with Crippen molar-refractivity contribution in [3.8, 4) is 5.75 Å². The molecule has 0 saturated carbocycles. The van der Waals surface area contributed by atoms with Gasteiger partial charge in [0.05, 0.1) is 15.6 Å². The quantitative estimate of drug-likeness (QED) is 0.477. The molecule has 0 spiro atoms. The van der Waals surface area contributed by atoms with E-state index in [9.17, 15) is 14.9 Å². The highest BCUT2D eigenvalue weighted by Gasteiger charge is 2.16. The van der Waals surface area contributed by atoms with E-state index in [4.69, 9.17) is 4.74 Å². The molecule has 7 heteroatoms. The number of nitrogens with zero attached hydrogens (tertiary/aromatic N) is 2. The molecule has 2 rings (SSSR count). The Kier molecular flexibility index (Phi) is 3.86. The van der Waals surface area contributed by atoms with Gasteiger partial charge in [-0.25, -0.2) is 4.98 Å². The summed E-state index contributed by atoms with van der Waals surface area (Å²) < 4.78 is 5.38. The van der Waals surface area contributed by atoms with Gasteiger partial charge < -0.3 is 4.74 Å². The molecular weight excluding hydrogens is 268 g/mol. The fourth-order valence-corrected chi connectivity index (χ4v) is 2.10. The number of nitro groups is 1. The van der Waals surface area contributed by atoms with Crippen molar-refractivity contribution in [1.82, 2.24) is 4.98 Å². The van der Waals surface area contributed by atoms with Crippen LogP contribution in [0.25, 0.3) is 0 Å². The van der Waals surface area contributed by atoms with Gasteiger partial charge in [0.15, 0.2) is 5.75 Å². The summed E-state index contributed by atoms with van der Waals surface area (Å²) in [5.74, 6) is 0.126. The van der Waals surface area contributed by atoms with Crippen molar-refractivity contribution in [2.45, 2.75) is 13.5 Å². The molecule has 1 aromatic carbocycles. The lowest BCUT2D eigenvalue weighted by atomic mass is 10.2. The van der Waals surface area contributed by atoms with Crippen molar-refractivity contribution >= 4 is 23.3 Å². The summed E-state index contributed by atoms with van der Waals surface area (Å²) in [7, 11) is 0. The second-order valence-corrected chi connectivity index (χ2v) is 4.81. The van der Waals surface area contributed by atoms with Crippen LogP contribution in [0.15, 0.2) is 23.6 Å². The molecule has 19 heavy (non-hydrogen) atoms. The van der Waals surface area contributed by atoms with Crippen LogP contribution in [0.2, 0.25) is 0 Å². The Morgan fingerprint density at radius 2 is 2.32 bits per heavy atom. The minimum Gasteiger partial charge on any atom is -0.480 e. The van der Waals surface area contributed by atoms with Gasteiger partial charge in [-0.15, -0.1) is 11.3 Å². The summed E-state index contributed by atoms with van der Waals surface area (Å²) in [6.07, 6.45) is 0.556. The van der Waals surface area contributed by atoms with Crippen molar-refractivity contribution in [3.05, 3.63) is 50.0 Å². The van der Waals surface area contributed by atoms with Crippen LogP contribution in [0.1, 0.15) is 21.1 Å². The maximum absolute atomic E-state index is 10.9. The lowest BCUT2D eigenvalue weighted by Gasteiger charge is -2.05. The van der Waals surface area contributed by atoms with E-state index in [1.807, 2.05) is 12.3 Å². The average molecular weight is 278 g/mol. The number of aryl methyl sites for hydroxylation is 1. The molecule has 0 saturated heterocycles.